The van der Waals surface area contributed by atoms with Gasteiger partial charge in [0, 0.05) is 16.9 Å². The summed E-state index contributed by atoms with van der Waals surface area (Å²) < 4.78 is 0. The van der Waals surface area contributed by atoms with Crippen molar-refractivity contribution in [3.8, 4) is 0 Å². The normalized spacial score (nSPS) is 10.1. The van der Waals surface area contributed by atoms with Crippen molar-refractivity contribution in [3.05, 3.63) is 60.2 Å². The van der Waals surface area contributed by atoms with Crippen molar-refractivity contribution in [2.75, 3.05) is 23.7 Å². The molecule has 3 N–H and O–H groups in total. The second-order valence-electron chi connectivity index (χ2n) is 4.19. The summed E-state index contributed by atoms with van der Waals surface area (Å²) in [5, 5.41) is 20.9. The molecule has 0 aromatic heterocycles. The molecule has 5 heteroatoms. The molecule has 104 valence electrons. The lowest BCUT2D eigenvalue weighted by Crippen LogP contribution is -2.25. The van der Waals surface area contributed by atoms with Crippen LogP contribution in [0.5, 0.6) is 0 Å². The number of hydrogen-bond acceptors (Lipinski definition) is 4. The lowest BCUT2D eigenvalue weighted by atomic mass is 10.2. The Labute approximate surface area is 117 Å². The van der Waals surface area contributed by atoms with Crippen LogP contribution in [0.3, 0.4) is 0 Å². The van der Waals surface area contributed by atoms with Crippen LogP contribution in [0.1, 0.15) is 10.4 Å². The molecule has 0 unspecified atom stereocenters. The number of rotatable bonds is 5. The highest BCUT2D eigenvalue weighted by molar-refractivity contribution is 6.04. The van der Waals surface area contributed by atoms with Gasteiger partial charge in [-0.05, 0) is 36.4 Å². The van der Waals surface area contributed by atoms with Gasteiger partial charge in [-0.3, -0.25) is 4.79 Å². The Morgan fingerprint density at radius 2 is 1.55 bits per heavy atom. The summed E-state index contributed by atoms with van der Waals surface area (Å²) in [6.45, 7) is -0.571. The first kappa shape index (κ1) is 14.0. The Morgan fingerprint density at radius 1 is 0.950 bits per heavy atom. The number of carbonyl (C=O) groups is 1. The van der Waals surface area contributed by atoms with Crippen molar-refractivity contribution in [1.82, 2.24) is 0 Å². The maximum Gasteiger partial charge on any atom is 0.255 e. The molecule has 1 amide bonds. The molecule has 2 aromatic rings. The molecular formula is C15H16N2O3. The summed E-state index contributed by atoms with van der Waals surface area (Å²) in [5.74, 6) is -0.206. The monoisotopic (exact) mass is 272 g/mol. The smallest absolute Gasteiger partial charge is 0.255 e. The van der Waals surface area contributed by atoms with Crippen molar-refractivity contribution in [3.63, 3.8) is 0 Å². The molecule has 0 spiro atoms. The van der Waals surface area contributed by atoms with Gasteiger partial charge in [0.1, 0.15) is 13.5 Å². The fourth-order valence-corrected chi connectivity index (χ4v) is 1.76. The highest BCUT2D eigenvalue weighted by Gasteiger charge is 2.08. The topological polar surface area (TPSA) is 72.8 Å². The summed E-state index contributed by atoms with van der Waals surface area (Å²) >= 11 is 0. The highest BCUT2D eigenvalue weighted by atomic mass is 16.3. The summed E-state index contributed by atoms with van der Waals surface area (Å²) in [6.07, 6.45) is 0. The quantitative estimate of drug-likeness (QED) is 0.724. The van der Waals surface area contributed by atoms with Crippen LogP contribution in [0.25, 0.3) is 0 Å². The second kappa shape index (κ2) is 6.70. The van der Waals surface area contributed by atoms with E-state index < -0.39 is 0 Å². The number of aliphatic hydroxyl groups is 2. The molecule has 0 aliphatic rings. The zero-order valence-electron chi connectivity index (χ0n) is 10.9. The molecule has 0 aliphatic heterocycles. The highest BCUT2D eigenvalue weighted by Crippen LogP contribution is 2.15. The van der Waals surface area contributed by atoms with Gasteiger partial charge in [0.2, 0.25) is 0 Å². The van der Waals surface area contributed by atoms with Crippen LogP contribution in [0, 0.1) is 0 Å². The molecular weight excluding hydrogens is 256 g/mol. The van der Waals surface area contributed by atoms with Crippen LogP contribution in [-0.2, 0) is 0 Å². The number of nitrogens with one attached hydrogen (secondary N) is 1. The van der Waals surface area contributed by atoms with Crippen LogP contribution in [-0.4, -0.2) is 29.6 Å². The third-order valence-corrected chi connectivity index (χ3v) is 2.87. The minimum absolute atomic E-state index is 0.206. The van der Waals surface area contributed by atoms with Crippen LogP contribution >= 0.6 is 0 Å². The van der Waals surface area contributed by atoms with E-state index in [9.17, 15) is 4.79 Å². The number of para-hydroxylation sites is 1. The van der Waals surface area contributed by atoms with Crippen LogP contribution < -0.4 is 10.2 Å². The van der Waals surface area contributed by atoms with Gasteiger partial charge in [-0.2, -0.15) is 0 Å². The van der Waals surface area contributed by atoms with E-state index in [-0.39, 0.29) is 19.4 Å². The van der Waals surface area contributed by atoms with Crippen molar-refractivity contribution in [2.45, 2.75) is 0 Å². The maximum absolute atomic E-state index is 12.0. The lowest BCUT2D eigenvalue weighted by Gasteiger charge is -2.18. The Bertz CT molecular complexity index is 551. The Kier molecular flexibility index (Phi) is 4.70. The Hall–Kier alpha value is -2.37. The Balaban J connectivity index is 2.08. The predicted molar refractivity (Wildman–Crippen MR) is 77.5 cm³/mol. The fourth-order valence-electron chi connectivity index (χ4n) is 1.76. The standard InChI is InChI=1S/C15H16N2O3/c18-10-17(11-19)14-8-6-12(7-9-14)15(20)16-13-4-2-1-3-5-13/h1-9,18-19H,10-11H2,(H,16,20). The first-order chi connectivity index (χ1) is 9.74. The largest absolute Gasteiger partial charge is 0.376 e. The zero-order valence-corrected chi connectivity index (χ0v) is 10.9. The second-order valence-corrected chi connectivity index (χ2v) is 4.19. The zero-order chi connectivity index (χ0) is 14.4. The van der Waals surface area contributed by atoms with Gasteiger partial charge in [0.25, 0.3) is 5.91 Å². The summed E-state index contributed by atoms with van der Waals surface area (Å²) in [4.78, 5) is 13.4. The van der Waals surface area contributed by atoms with Crippen LogP contribution in [0.15, 0.2) is 54.6 Å². The van der Waals surface area contributed by atoms with Crippen LogP contribution in [0.4, 0.5) is 11.4 Å². The molecule has 20 heavy (non-hydrogen) atoms. The molecule has 2 rings (SSSR count). The van der Waals surface area contributed by atoms with Crippen molar-refractivity contribution in [1.29, 1.82) is 0 Å². The van der Waals surface area contributed by atoms with Crippen molar-refractivity contribution < 1.29 is 15.0 Å². The van der Waals surface area contributed by atoms with Gasteiger partial charge in [-0.25, -0.2) is 0 Å². The third-order valence-electron chi connectivity index (χ3n) is 2.87. The number of amides is 1. The van der Waals surface area contributed by atoms with Gasteiger partial charge in [-0.15, -0.1) is 0 Å². The van der Waals surface area contributed by atoms with Gasteiger partial charge < -0.3 is 20.4 Å². The van der Waals surface area contributed by atoms with E-state index in [0.717, 1.165) is 5.69 Å². The average Bonchev–Trinajstić information content (AvgIpc) is 2.50. The molecule has 5 nitrogen and oxygen atoms in total. The molecule has 0 heterocycles. The SMILES string of the molecule is O=C(Nc1ccccc1)c1ccc(N(CO)CO)cc1. The molecule has 0 saturated heterocycles. The van der Waals surface area contributed by atoms with E-state index in [1.54, 1.807) is 24.3 Å². The number of anilines is 2. The van der Waals surface area contributed by atoms with Gasteiger partial charge in [0.05, 0.1) is 0 Å². The van der Waals surface area contributed by atoms with Gasteiger partial charge >= 0.3 is 0 Å². The molecule has 0 radical (unpaired) electrons. The molecule has 2 aromatic carbocycles. The first-order valence-electron chi connectivity index (χ1n) is 6.17. The fraction of sp³-hybridized carbons (Fsp3) is 0.133. The van der Waals surface area contributed by atoms with E-state index >= 15 is 0 Å². The van der Waals surface area contributed by atoms with Crippen molar-refractivity contribution in [2.24, 2.45) is 0 Å². The maximum atomic E-state index is 12.0. The number of nitrogens with zero attached hydrogens (tertiary/aromatic N) is 1. The predicted octanol–water partition coefficient (Wildman–Crippen LogP) is 1.64. The first-order valence-corrected chi connectivity index (χ1v) is 6.17. The minimum atomic E-state index is -0.286. The van der Waals surface area contributed by atoms with Gasteiger partial charge in [0.15, 0.2) is 0 Å². The van der Waals surface area contributed by atoms with E-state index in [0.29, 0.717) is 11.3 Å². The number of carbonyl (C=O) groups excluding carboxylic acids is 1. The molecule has 0 atom stereocenters. The average molecular weight is 272 g/mol. The van der Waals surface area contributed by atoms with Gasteiger partial charge in [-0.1, -0.05) is 18.2 Å². The van der Waals surface area contributed by atoms with E-state index in [1.807, 2.05) is 30.3 Å². The number of benzene rings is 2. The van der Waals surface area contributed by atoms with Crippen molar-refractivity contribution >= 4 is 17.3 Å². The summed E-state index contributed by atoms with van der Waals surface area (Å²) in [6, 6.07) is 15.8. The molecule has 0 saturated carbocycles. The third kappa shape index (κ3) is 3.34. The molecule has 0 aliphatic carbocycles. The van der Waals surface area contributed by atoms with E-state index in [4.69, 9.17) is 10.2 Å². The van der Waals surface area contributed by atoms with E-state index in [1.165, 1.54) is 4.90 Å². The molecule has 0 bridgehead atoms. The summed E-state index contributed by atoms with van der Waals surface area (Å²) in [7, 11) is 0. The number of aliphatic hydroxyl groups excluding tert-OH is 2. The minimum Gasteiger partial charge on any atom is -0.376 e. The number of hydrogen-bond donors (Lipinski definition) is 3. The summed E-state index contributed by atoms with van der Waals surface area (Å²) in [5.41, 5.74) is 1.88. The Morgan fingerprint density at radius 3 is 2.10 bits per heavy atom. The van der Waals surface area contributed by atoms with E-state index in [2.05, 4.69) is 5.32 Å². The van der Waals surface area contributed by atoms with Crippen LogP contribution in [0.2, 0.25) is 0 Å². The lowest BCUT2D eigenvalue weighted by molar-refractivity contribution is 0.102. The molecule has 0 fully saturated rings.